The lowest BCUT2D eigenvalue weighted by molar-refractivity contribution is 0.159. The highest BCUT2D eigenvalue weighted by Crippen LogP contribution is 2.21. The molecular formula is C11H15BrN2O. The third-order valence-corrected chi connectivity index (χ3v) is 2.96. The molecule has 0 spiro atoms. The summed E-state index contributed by atoms with van der Waals surface area (Å²) in [5.74, 6) is 0.756. The minimum Gasteiger partial charge on any atom is -0.473 e. The molecule has 1 aromatic rings. The number of nitrogens with one attached hydrogen (secondary N) is 1. The zero-order valence-corrected chi connectivity index (χ0v) is 10.4. The number of hydrogen-bond acceptors (Lipinski definition) is 3. The van der Waals surface area contributed by atoms with Crippen molar-refractivity contribution in [2.75, 3.05) is 13.1 Å². The van der Waals surface area contributed by atoms with Gasteiger partial charge in [-0.25, -0.2) is 4.98 Å². The lowest BCUT2D eigenvalue weighted by Gasteiger charge is -2.23. The number of piperidine rings is 1. The van der Waals surface area contributed by atoms with Gasteiger partial charge in [0, 0.05) is 22.8 Å². The van der Waals surface area contributed by atoms with Crippen LogP contribution in [0.15, 0.2) is 16.7 Å². The van der Waals surface area contributed by atoms with Crippen LogP contribution in [-0.2, 0) is 0 Å². The summed E-state index contributed by atoms with van der Waals surface area (Å²) < 4.78 is 6.84. The Morgan fingerprint density at radius 2 is 2.47 bits per heavy atom. The summed E-state index contributed by atoms with van der Waals surface area (Å²) in [6, 6.07) is 2.03. The van der Waals surface area contributed by atoms with E-state index in [1.807, 2.05) is 13.0 Å². The first-order chi connectivity index (χ1) is 7.25. The fourth-order valence-electron chi connectivity index (χ4n) is 1.73. The largest absolute Gasteiger partial charge is 0.473 e. The first kappa shape index (κ1) is 10.9. The van der Waals surface area contributed by atoms with Crippen LogP contribution in [0.4, 0.5) is 0 Å². The Morgan fingerprint density at radius 3 is 3.13 bits per heavy atom. The maximum Gasteiger partial charge on any atom is 0.216 e. The highest BCUT2D eigenvalue weighted by molar-refractivity contribution is 9.10. The number of ether oxygens (including phenoxy) is 1. The number of pyridine rings is 1. The van der Waals surface area contributed by atoms with Gasteiger partial charge in [0.2, 0.25) is 5.88 Å². The van der Waals surface area contributed by atoms with Crippen LogP contribution in [0.1, 0.15) is 18.4 Å². The van der Waals surface area contributed by atoms with E-state index >= 15 is 0 Å². The van der Waals surface area contributed by atoms with Crippen molar-refractivity contribution < 1.29 is 4.74 Å². The molecule has 2 heterocycles. The van der Waals surface area contributed by atoms with Gasteiger partial charge in [0.1, 0.15) is 6.10 Å². The molecule has 3 nitrogen and oxygen atoms in total. The summed E-state index contributed by atoms with van der Waals surface area (Å²) in [4.78, 5) is 4.28. The highest BCUT2D eigenvalue weighted by atomic mass is 79.9. The molecule has 15 heavy (non-hydrogen) atoms. The van der Waals surface area contributed by atoms with Gasteiger partial charge in [-0.1, -0.05) is 0 Å². The van der Waals surface area contributed by atoms with Crippen LogP contribution in [0.25, 0.3) is 0 Å². The predicted octanol–water partition coefficient (Wildman–Crippen LogP) is 2.28. The molecule has 0 saturated carbocycles. The first-order valence-electron chi connectivity index (χ1n) is 5.25. The van der Waals surface area contributed by atoms with Crippen LogP contribution < -0.4 is 10.1 Å². The van der Waals surface area contributed by atoms with E-state index in [0.717, 1.165) is 35.4 Å². The molecule has 0 aliphatic carbocycles. The van der Waals surface area contributed by atoms with E-state index in [4.69, 9.17) is 4.74 Å². The molecule has 0 amide bonds. The Labute approximate surface area is 98.4 Å². The molecule has 1 fully saturated rings. The molecule has 0 bridgehead atoms. The van der Waals surface area contributed by atoms with Crippen molar-refractivity contribution in [3.05, 3.63) is 22.3 Å². The number of halogens is 1. The summed E-state index contributed by atoms with van der Waals surface area (Å²) in [5, 5.41) is 3.32. The quantitative estimate of drug-likeness (QED) is 0.896. The van der Waals surface area contributed by atoms with Crippen molar-refractivity contribution in [1.82, 2.24) is 10.3 Å². The lowest BCUT2D eigenvalue weighted by atomic mass is 10.1. The van der Waals surface area contributed by atoms with Crippen molar-refractivity contribution in [1.29, 1.82) is 0 Å². The normalized spacial score (nSPS) is 21.3. The fraction of sp³-hybridized carbons (Fsp3) is 0.545. The molecule has 4 heteroatoms. The van der Waals surface area contributed by atoms with Crippen molar-refractivity contribution >= 4 is 15.9 Å². The average Bonchev–Trinajstić information content (AvgIpc) is 2.24. The second-order valence-electron chi connectivity index (χ2n) is 3.86. The maximum atomic E-state index is 5.85. The van der Waals surface area contributed by atoms with Gasteiger partial charge in [0.25, 0.3) is 0 Å². The Kier molecular flexibility index (Phi) is 3.59. The number of rotatable bonds is 2. The van der Waals surface area contributed by atoms with Crippen molar-refractivity contribution in [3.8, 4) is 5.88 Å². The van der Waals surface area contributed by atoms with Gasteiger partial charge < -0.3 is 10.1 Å². The summed E-state index contributed by atoms with van der Waals surface area (Å²) in [5.41, 5.74) is 1.08. The average molecular weight is 271 g/mol. The SMILES string of the molecule is Cc1cc(Br)cnc1O[C@H]1CCCNC1. The number of hydrogen-bond donors (Lipinski definition) is 1. The van der Waals surface area contributed by atoms with Crippen LogP contribution >= 0.6 is 15.9 Å². The van der Waals surface area contributed by atoms with Crippen LogP contribution in [-0.4, -0.2) is 24.2 Å². The molecular weight excluding hydrogens is 256 g/mol. The molecule has 1 atom stereocenters. The topological polar surface area (TPSA) is 34.1 Å². The molecule has 1 aliphatic heterocycles. The standard InChI is InChI=1S/C11H15BrN2O/c1-8-5-9(12)6-14-11(8)15-10-3-2-4-13-7-10/h5-6,10,13H,2-4,7H2,1H3/t10-/m0/s1. The van der Waals surface area contributed by atoms with E-state index in [1.165, 1.54) is 6.42 Å². The van der Waals surface area contributed by atoms with Crippen LogP contribution in [0.2, 0.25) is 0 Å². The van der Waals surface area contributed by atoms with Gasteiger partial charge in [0.15, 0.2) is 0 Å². The van der Waals surface area contributed by atoms with Gasteiger partial charge in [0.05, 0.1) is 0 Å². The molecule has 82 valence electrons. The molecule has 0 radical (unpaired) electrons. The second-order valence-corrected chi connectivity index (χ2v) is 4.78. The van der Waals surface area contributed by atoms with Crippen LogP contribution in [0.3, 0.4) is 0 Å². The Balaban J connectivity index is 2.03. The number of aryl methyl sites for hydroxylation is 1. The van der Waals surface area contributed by atoms with Gasteiger partial charge in [-0.05, 0) is 48.3 Å². The third kappa shape index (κ3) is 2.92. The zero-order valence-electron chi connectivity index (χ0n) is 8.79. The smallest absolute Gasteiger partial charge is 0.216 e. The lowest BCUT2D eigenvalue weighted by Crippen LogP contribution is -2.37. The summed E-state index contributed by atoms with van der Waals surface area (Å²) >= 11 is 3.39. The summed E-state index contributed by atoms with van der Waals surface area (Å²) in [7, 11) is 0. The second kappa shape index (κ2) is 4.94. The maximum absolute atomic E-state index is 5.85. The molecule has 0 unspecified atom stereocenters. The van der Waals surface area contributed by atoms with Crippen molar-refractivity contribution in [2.45, 2.75) is 25.9 Å². The van der Waals surface area contributed by atoms with Crippen LogP contribution in [0, 0.1) is 6.92 Å². The van der Waals surface area contributed by atoms with Gasteiger partial charge in [-0.2, -0.15) is 0 Å². The number of nitrogens with zero attached hydrogens (tertiary/aromatic N) is 1. The molecule has 0 aromatic carbocycles. The first-order valence-corrected chi connectivity index (χ1v) is 6.04. The molecule has 2 rings (SSSR count). The monoisotopic (exact) mass is 270 g/mol. The highest BCUT2D eigenvalue weighted by Gasteiger charge is 2.15. The van der Waals surface area contributed by atoms with E-state index in [0.29, 0.717) is 0 Å². The molecule has 1 aliphatic rings. The van der Waals surface area contributed by atoms with Gasteiger partial charge in [-0.15, -0.1) is 0 Å². The molecule has 1 saturated heterocycles. The van der Waals surface area contributed by atoms with Crippen molar-refractivity contribution in [2.24, 2.45) is 0 Å². The molecule has 1 N–H and O–H groups in total. The molecule has 1 aromatic heterocycles. The third-order valence-electron chi connectivity index (χ3n) is 2.53. The predicted molar refractivity (Wildman–Crippen MR) is 63.2 cm³/mol. The van der Waals surface area contributed by atoms with E-state index in [1.54, 1.807) is 6.20 Å². The fourth-order valence-corrected chi connectivity index (χ4v) is 2.18. The van der Waals surface area contributed by atoms with Gasteiger partial charge >= 0.3 is 0 Å². The van der Waals surface area contributed by atoms with Crippen LogP contribution in [0.5, 0.6) is 5.88 Å². The number of aromatic nitrogens is 1. The van der Waals surface area contributed by atoms with E-state index in [-0.39, 0.29) is 6.10 Å². The summed E-state index contributed by atoms with van der Waals surface area (Å²) in [6.45, 7) is 4.05. The van der Waals surface area contributed by atoms with E-state index in [2.05, 4.69) is 26.2 Å². The van der Waals surface area contributed by atoms with Crippen molar-refractivity contribution in [3.63, 3.8) is 0 Å². The minimum atomic E-state index is 0.270. The summed E-state index contributed by atoms with van der Waals surface area (Å²) in [6.07, 6.45) is 4.34. The van der Waals surface area contributed by atoms with E-state index < -0.39 is 0 Å². The Bertz CT molecular complexity index is 337. The van der Waals surface area contributed by atoms with Gasteiger partial charge in [-0.3, -0.25) is 0 Å². The van der Waals surface area contributed by atoms with E-state index in [9.17, 15) is 0 Å². The Hall–Kier alpha value is -0.610. The minimum absolute atomic E-state index is 0.270. The Morgan fingerprint density at radius 1 is 1.60 bits per heavy atom. The zero-order chi connectivity index (χ0) is 10.7.